The summed E-state index contributed by atoms with van der Waals surface area (Å²) in [6.07, 6.45) is 0.213. The average Bonchev–Trinajstić information content (AvgIpc) is 3.24. The van der Waals surface area contributed by atoms with Crippen molar-refractivity contribution in [2.75, 3.05) is 16.8 Å². The first kappa shape index (κ1) is 16.2. The Morgan fingerprint density at radius 1 is 1.32 bits per heavy atom. The number of nitrogens with one attached hydrogen (secondary N) is 1. The van der Waals surface area contributed by atoms with Gasteiger partial charge in [-0.15, -0.1) is 22.7 Å². The van der Waals surface area contributed by atoms with Crippen LogP contribution in [0.4, 0.5) is 10.8 Å². The number of carbonyl (C=O) groups is 2. The van der Waals surface area contributed by atoms with Gasteiger partial charge in [0, 0.05) is 24.0 Å². The number of hydrogen-bond acceptors (Lipinski definition) is 6. The molecule has 1 atom stereocenters. The van der Waals surface area contributed by atoms with Gasteiger partial charge >= 0.3 is 0 Å². The second-order valence-electron chi connectivity index (χ2n) is 6.07. The summed E-state index contributed by atoms with van der Waals surface area (Å²) >= 11 is 3.02. The highest BCUT2D eigenvalue weighted by Crippen LogP contribution is 2.30. The first-order valence-electron chi connectivity index (χ1n) is 7.90. The van der Waals surface area contributed by atoms with Crippen molar-refractivity contribution in [3.63, 3.8) is 0 Å². The lowest BCUT2D eigenvalue weighted by atomic mass is 10.1. The van der Waals surface area contributed by atoms with E-state index < -0.39 is 0 Å². The molecule has 3 heterocycles. The van der Waals surface area contributed by atoms with Crippen LogP contribution in [0.25, 0.3) is 10.2 Å². The maximum absolute atomic E-state index is 12.4. The minimum Gasteiger partial charge on any atom is -0.312 e. The zero-order valence-corrected chi connectivity index (χ0v) is 15.4. The molecule has 1 N–H and O–H groups in total. The van der Waals surface area contributed by atoms with E-state index in [4.69, 9.17) is 0 Å². The summed E-state index contributed by atoms with van der Waals surface area (Å²) in [6, 6.07) is 5.82. The Kier molecular flexibility index (Phi) is 4.01. The third-order valence-corrected chi connectivity index (χ3v) is 5.96. The molecule has 0 aliphatic carbocycles. The minimum absolute atomic E-state index is 0.0400. The largest absolute Gasteiger partial charge is 0.312 e. The van der Waals surface area contributed by atoms with E-state index in [2.05, 4.69) is 15.3 Å². The van der Waals surface area contributed by atoms with Crippen molar-refractivity contribution in [1.82, 2.24) is 9.97 Å². The monoisotopic (exact) mass is 372 g/mol. The summed E-state index contributed by atoms with van der Waals surface area (Å²) in [5, 5.41) is 6.26. The van der Waals surface area contributed by atoms with Gasteiger partial charge < -0.3 is 10.2 Å². The number of fused-ring (bicyclic) bond motifs is 1. The van der Waals surface area contributed by atoms with Crippen molar-refractivity contribution in [3.8, 4) is 0 Å². The number of hydrogen-bond donors (Lipinski definition) is 1. The summed E-state index contributed by atoms with van der Waals surface area (Å²) in [5.74, 6) is -0.567. The quantitative estimate of drug-likeness (QED) is 0.765. The van der Waals surface area contributed by atoms with Gasteiger partial charge in [0.2, 0.25) is 11.8 Å². The van der Waals surface area contributed by atoms with Crippen LogP contribution in [0.3, 0.4) is 0 Å². The Bertz CT molecular complexity index is 978. The number of carbonyl (C=O) groups excluding carboxylic acids is 2. The highest BCUT2D eigenvalue weighted by atomic mass is 32.1. The van der Waals surface area contributed by atoms with Gasteiger partial charge in [-0.25, -0.2) is 9.97 Å². The van der Waals surface area contributed by atoms with Gasteiger partial charge in [-0.3, -0.25) is 9.59 Å². The molecular formula is C17H16N4O2S2. The van der Waals surface area contributed by atoms with E-state index in [1.165, 1.54) is 11.3 Å². The van der Waals surface area contributed by atoms with Gasteiger partial charge in [0.15, 0.2) is 5.13 Å². The molecule has 1 aromatic carbocycles. The van der Waals surface area contributed by atoms with E-state index >= 15 is 0 Å². The number of aryl methyl sites for hydroxylation is 2. The lowest BCUT2D eigenvalue weighted by Gasteiger charge is -2.16. The summed E-state index contributed by atoms with van der Waals surface area (Å²) < 4.78 is 1.10. The predicted molar refractivity (Wildman–Crippen MR) is 100 cm³/mol. The molecule has 4 rings (SSSR count). The lowest BCUT2D eigenvalue weighted by Crippen LogP contribution is -2.28. The molecule has 128 valence electrons. The molecule has 1 saturated heterocycles. The molecule has 25 heavy (non-hydrogen) atoms. The van der Waals surface area contributed by atoms with Crippen LogP contribution < -0.4 is 10.2 Å². The second kappa shape index (κ2) is 6.20. The number of benzene rings is 1. The Hall–Kier alpha value is -2.32. The van der Waals surface area contributed by atoms with Crippen LogP contribution in [0.2, 0.25) is 0 Å². The van der Waals surface area contributed by atoms with Gasteiger partial charge in [0.05, 0.1) is 26.8 Å². The molecule has 8 heteroatoms. The SMILES string of the molecule is Cc1csc(NC(=O)C2CC(=O)N(c3ccc4sc(C)nc4c3)C2)n1. The zero-order chi connectivity index (χ0) is 17.6. The van der Waals surface area contributed by atoms with Crippen LogP contribution >= 0.6 is 22.7 Å². The third-order valence-electron chi connectivity index (χ3n) is 4.13. The maximum atomic E-state index is 12.4. The van der Waals surface area contributed by atoms with Crippen LogP contribution in [0.5, 0.6) is 0 Å². The number of anilines is 2. The maximum Gasteiger partial charge on any atom is 0.231 e. The van der Waals surface area contributed by atoms with Crippen molar-refractivity contribution in [2.24, 2.45) is 5.92 Å². The number of rotatable bonds is 3. The average molecular weight is 372 g/mol. The van der Waals surface area contributed by atoms with Crippen LogP contribution in [0, 0.1) is 19.8 Å². The summed E-state index contributed by atoms with van der Waals surface area (Å²) in [7, 11) is 0. The van der Waals surface area contributed by atoms with E-state index in [9.17, 15) is 9.59 Å². The third kappa shape index (κ3) is 3.14. The summed E-state index contributed by atoms with van der Waals surface area (Å²) in [4.78, 5) is 35.2. The molecule has 1 fully saturated rings. The lowest BCUT2D eigenvalue weighted by molar-refractivity contribution is -0.122. The Labute approximate surface area is 152 Å². The van der Waals surface area contributed by atoms with E-state index in [-0.39, 0.29) is 24.2 Å². The molecule has 0 radical (unpaired) electrons. The fourth-order valence-corrected chi connectivity index (χ4v) is 4.45. The minimum atomic E-state index is -0.371. The van der Waals surface area contributed by atoms with Crippen LogP contribution in [-0.4, -0.2) is 28.3 Å². The van der Waals surface area contributed by atoms with Crippen molar-refractivity contribution >= 4 is 55.5 Å². The summed E-state index contributed by atoms with van der Waals surface area (Å²) in [5.41, 5.74) is 2.55. The Morgan fingerprint density at radius 2 is 2.16 bits per heavy atom. The topological polar surface area (TPSA) is 75.2 Å². The molecule has 2 amide bonds. The molecule has 3 aromatic rings. The van der Waals surface area contributed by atoms with Gasteiger partial charge in [-0.05, 0) is 32.0 Å². The molecule has 2 aromatic heterocycles. The molecule has 0 spiro atoms. The normalized spacial score (nSPS) is 17.4. The highest BCUT2D eigenvalue weighted by Gasteiger charge is 2.35. The van der Waals surface area contributed by atoms with Crippen LogP contribution in [0.1, 0.15) is 17.1 Å². The molecular weight excluding hydrogens is 356 g/mol. The summed E-state index contributed by atoms with van der Waals surface area (Å²) in [6.45, 7) is 4.22. The van der Waals surface area contributed by atoms with E-state index in [1.54, 1.807) is 16.2 Å². The number of amides is 2. The molecule has 0 saturated carbocycles. The van der Waals surface area contributed by atoms with Crippen LogP contribution in [-0.2, 0) is 9.59 Å². The Morgan fingerprint density at radius 3 is 2.92 bits per heavy atom. The predicted octanol–water partition coefficient (Wildman–Crippen LogP) is 3.36. The van der Waals surface area contributed by atoms with Crippen molar-refractivity contribution < 1.29 is 9.59 Å². The fraction of sp³-hybridized carbons (Fsp3) is 0.294. The Balaban J connectivity index is 1.51. The molecule has 1 aliphatic heterocycles. The number of thiazole rings is 2. The van der Waals surface area contributed by atoms with Crippen molar-refractivity contribution in [1.29, 1.82) is 0 Å². The van der Waals surface area contributed by atoms with Gasteiger partial charge in [-0.2, -0.15) is 0 Å². The van der Waals surface area contributed by atoms with E-state index in [1.807, 2.05) is 37.4 Å². The van der Waals surface area contributed by atoms with Crippen LogP contribution in [0.15, 0.2) is 23.6 Å². The van der Waals surface area contributed by atoms with Gasteiger partial charge in [-0.1, -0.05) is 0 Å². The molecule has 0 bridgehead atoms. The first-order valence-corrected chi connectivity index (χ1v) is 9.60. The molecule has 1 unspecified atom stereocenters. The number of aromatic nitrogens is 2. The first-order chi connectivity index (χ1) is 12.0. The van der Waals surface area contributed by atoms with E-state index in [0.29, 0.717) is 11.7 Å². The van der Waals surface area contributed by atoms with Crippen molar-refractivity contribution in [2.45, 2.75) is 20.3 Å². The van der Waals surface area contributed by atoms with Gasteiger partial charge in [0.1, 0.15) is 0 Å². The molecule has 1 aliphatic rings. The van der Waals surface area contributed by atoms with Crippen molar-refractivity contribution in [3.05, 3.63) is 34.3 Å². The van der Waals surface area contributed by atoms with Gasteiger partial charge in [0.25, 0.3) is 0 Å². The zero-order valence-electron chi connectivity index (χ0n) is 13.8. The number of nitrogens with zero attached hydrogens (tertiary/aromatic N) is 3. The smallest absolute Gasteiger partial charge is 0.231 e. The van der Waals surface area contributed by atoms with E-state index in [0.717, 1.165) is 26.6 Å². The second-order valence-corrected chi connectivity index (χ2v) is 8.17. The highest BCUT2D eigenvalue weighted by molar-refractivity contribution is 7.18. The standard InChI is InChI=1S/C17H16N4O2S2/c1-9-8-24-17(18-9)20-16(23)11-5-15(22)21(7-11)12-3-4-14-13(6-12)19-10(2)25-14/h3-4,6,8,11H,5,7H2,1-2H3,(H,18,20,23). The molecule has 6 nitrogen and oxygen atoms in total. The fourth-order valence-electron chi connectivity index (χ4n) is 2.95.